The fourth-order valence-corrected chi connectivity index (χ4v) is 5.47. The van der Waals surface area contributed by atoms with Gasteiger partial charge in [-0.05, 0) is 33.2 Å². The molecule has 0 aromatic carbocycles. The number of nitrogens with zero attached hydrogens (tertiary/aromatic N) is 4. The van der Waals surface area contributed by atoms with Crippen molar-refractivity contribution in [1.29, 1.82) is 0 Å². The maximum atomic E-state index is 12.7. The van der Waals surface area contributed by atoms with Gasteiger partial charge in [-0.15, -0.1) is 11.3 Å². The molecule has 1 aliphatic rings. The van der Waals surface area contributed by atoms with Crippen LogP contribution in [0.4, 0.5) is 0 Å². The van der Waals surface area contributed by atoms with Crippen molar-refractivity contribution in [3.8, 4) is 0 Å². The Balaban J connectivity index is 1.81. The van der Waals surface area contributed by atoms with Gasteiger partial charge in [-0.1, -0.05) is 6.92 Å². The highest BCUT2D eigenvalue weighted by atomic mass is 32.2. The fourth-order valence-electron chi connectivity index (χ4n) is 3.40. The van der Waals surface area contributed by atoms with Crippen LogP contribution in [-0.2, 0) is 34.2 Å². The van der Waals surface area contributed by atoms with Crippen molar-refractivity contribution in [2.45, 2.75) is 64.0 Å². The second-order valence-corrected chi connectivity index (χ2v) is 10.2. The lowest BCUT2D eigenvalue weighted by Gasteiger charge is -2.19. The van der Waals surface area contributed by atoms with Crippen molar-refractivity contribution < 1.29 is 13.2 Å². The van der Waals surface area contributed by atoms with Crippen LogP contribution in [0.15, 0.2) is 16.7 Å². The zero-order valence-corrected chi connectivity index (χ0v) is 17.9. The Bertz CT molecular complexity index is 854. The van der Waals surface area contributed by atoms with Crippen molar-refractivity contribution in [3.05, 3.63) is 28.0 Å². The third-order valence-corrected chi connectivity index (χ3v) is 7.24. The van der Waals surface area contributed by atoms with Gasteiger partial charge in [-0.25, -0.2) is 18.4 Å². The van der Waals surface area contributed by atoms with E-state index in [1.165, 1.54) is 0 Å². The van der Waals surface area contributed by atoms with Crippen LogP contribution in [0.5, 0.6) is 0 Å². The van der Waals surface area contributed by atoms with Crippen LogP contribution < -0.4 is 0 Å². The second kappa shape index (κ2) is 8.81. The van der Waals surface area contributed by atoms with E-state index in [0.717, 1.165) is 35.8 Å². The predicted octanol–water partition coefficient (Wildman–Crippen LogP) is 2.64. The lowest BCUT2D eigenvalue weighted by Crippen LogP contribution is -2.25. The molecule has 0 bridgehead atoms. The molecule has 1 aliphatic heterocycles. The Morgan fingerprint density at radius 2 is 2.22 bits per heavy atom. The van der Waals surface area contributed by atoms with Gasteiger partial charge in [0.2, 0.25) is 15.0 Å². The minimum Gasteiger partial charge on any atom is -0.376 e. The van der Waals surface area contributed by atoms with Crippen molar-refractivity contribution in [3.63, 3.8) is 0 Å². The fraction of sp³-hybridized carbons (Fsp3) is 0.667. The number of aryl methyl sites for hydroxylation is 1. The number of aromatic nitrogens is 3. The molecular weight excluding hydrogens is 384 g/mol. The first kappa shape index (κ1) is 20.4. The van der Waals surface area contributed by atoms with Gasteiger partial charge in [0.15, 0.2) is 0 Å². The highest BCUT2D eigenvalue weighted by Crippen LogP contribution is 2.21. The molecule has 3 rings (SSSR count). The van der Waals surface area contributed by atoms with Crippen molar-refractivity contribution in [2.24, 2.45) is 0 Å². The first-order valence-corrected chi connectivity index (χ1v) is 11.9. The molecule has 0 aliphatic carbocycles. The number of thiazole rings is 1. The maximum Gasteiger partial charge on any atom is 0.227 e. The van der Waals surface area contributed by atoms with Crippen molar-refractivity contribution in [2.75, 3.05) is 19.4 Å². The molecule has 9 heteroatoms. The van der Waals surface area contributed by atoms with Gasteiger partial charge in [-0.3, -0.25) is 4.90 Å². The molecule has 0 N–H and O–H groups in total. The van der Waals surface area contributed by atoms with Crippen LogP contribution in [0.3, 0.4) is 0 Å². The van der Waals surface area contributed by atoms with Gasteiger partial charge in [0, 0.05) is 25.1 Å². The van der Waals surface area contributed by atoms with Crippen LogP contribution in [0.25, 0.3) is 0 Å². The summed E-state index contributed by atoms with van der Waals surface area (Å²) in [5.74, 6) is 0.114. The average molecular weight is 413 g/mol. The Morgan fingerprint density at radius 3 is 2.85 bits per heavy atom. The maximum absolute atomic E-state index is 12.7. The van der Waals surface area contributed by atoms with E-state index in [-0.39, 0.29) is 17.0 Å². The number of ether oxygens (including phenoxy) is 1. The first-order chi connectivity index (χ1) is 12.9. The molecule has 1 fully saturated rings. The summed E-state index contributed by atoms with van der Waals surface area (Å²) in [7, 11) is -1.37. The molecule has 3 heterocycles. The number of imidazole rings is 1. The summed E-state index contributed by atoms with van der Waals surface area (Å²) in [5, 5.41) is 3.29. The van der Waals surface area contributed by atoms with Crippen LogP contribution >= 0.6 is 11.3 Å². The smallest absolute Gasteiger partial charge is 0.227 e. The summed E-state index contributed by atoms with van der Waals surface area (Å²) < 4.78 is 32.9. The van der Waals surface area contributed by atoms with Gasteiger partial charge in [0.1, 0.15) is 0 Å². The van der Waals surface area contributed by atoms with Gasteiger partial charge in [0.25, 0.3) is 0 Å². The Hall–Kier alpha value is -1.29. The van der Waals surface area contributed by atoms with Gasteiger partial charge in [0.05, 0.1) is 41.0 Å². The van der Waals surface area contributed by atoms with E-state index < -0.39 is 9.84 Å². The van der Waals surface area contributed by atoms with Crippen molar-refractivity contribution in [1.82, 2.24) is 19.4 Å². The zero-order valence-electron chi connectivity index (χ0n) is 16.2. The molecule has 0 saturated carbocycles. The van der Waals surface area contributed by atoms with Crippen LogP contribution in [0.2, 0.25) is 0 Å². The van der Waals surface area contributed by atoms with E-state index in [4.69, 9.17) is 4.74 Å². The van der Waals surface area contributed by atoms with E-state index >= 15 is 0 Å². The van der Waals surface area contributed by atoms with Gasteiger partial charge >= 0.3 is 0 Å². The average Bonchev–Trinajstić information content (AvgIpc) is 3.31. The highest BCUT2D eigenvalue weighted by molar-refractivity contribution is 7.91. The molecule has 0 amide bonds. The number of hydrogen-bond donors (Lipinski definition) is 0. The summed E-state index contributed by atoms with van der Waals surface area (Å²) in [6.45, 7) is 6.47. The molecule has 0 spiro atoms. The Kier molecular flexibility index (Phi) is 6.67. The third-order valence-electron chi connectivity index (χ3n) is 4.59. The zero-order chi connectivity index (χ0) is 19.4. The van der Waals surface area contributed by atoms with E-state index in [9.17, 15) is 8.42 Å². The molecule has 0 radical (unpaired) electrons. The normalized spacial score (nSPS) is 17.9. The molecule has 27 heavy (non-hydrogen) atoms. The van der Waals surface area contributed by atoms with E-state index in [1.807, 2.05) is 25.5 Å². The molecule has 1 atom stereocenters. The minimum absolute atomic E-state index is 0.0556. The van der Waals surface area contributed by atoms with Crippen molar-refractivity contribution >= 4 is 21.2 Å². The summed E-state index contributed by atoms with van der Waals surface area (Å²) in [5.41, 5.74) is 1.93. The molecule has 2 aromatic rings. The number of hydrogen-bond acceptors (Lipinski definition) is 7. The summed E-state index contributed by atoms with van der Waals surface area (Å²) in [6.07, 6.45) is 4.31. The molecule has 2 aromatic heterocycles. The van der Waals surface area contributed by atoms with Crippen LogP contribution in [0.1, 0.15) is 42.6 Å². The Morgan fingerprint density at radius 1 is 1.41 bits per heavy atom. The van der Waals surface area contributed by atoms with Crippen LogP contribution in [-0.4, -0.2) is 53.4 Å². The largest absolute Gasteiger partial charge is 0.376 e. The molecule has 0 unspecified atom stereocenters. The van der Waals surface area contributed by atoms with E-state index in [2.05, 4.69) is 20.2 Å². The molecule has 7 nitrogen and oxygen atoms in total. The Labute approximate surface area is 165 Å². The standard InChI is InChI=1S/C18H28N4O3S2/c1-4-8-27(23,24)18-19-9-16(22(18)12-17-6-5-7-25-17)11-21(3)10-15-13-26-14(2)20-15/h9,13,17H,4-8,10-12H2,1-3H3/t17-/m1/s1. The SMILES string of the molecule is CCCS(=O)(=O)c1ncc(CN(C)Cc2csc(C)n2)n1C[C@H]1CCCO1. The van der Waals surface area contributed by atoms with E-state index in [0.29, 0.717) is 26.1 Å². The number of rotatable bonds is 9. The predicted molar refractivity (Wildman–Crippen MR) is 106 cm³/mol. The quantitative estimate of drug-likeness (QED) is 0.630. The third kappa shape index (κ3) is 5.16. The second-order valence-electron chi connectivity index (χ2n) is 7.13. The number of sulfone groups is 1. The lowest BCUT2D eigenvalue weighted by molar-refractivity contribution is 0.0934. The summed E-state index contributed by atoms with van der Waals surface area (Å²) >= 11 is 1.64. The molecule has 1 saturated heterocycles. The first-order valence-electron chi connectivity index (χ1n) is 9.37. The van der Waals surface area contributed by atoms with Crippen LogP contribution in [0, 0.1) is 6.92 Å². The topological polar surface area (TPSA) is 77.3 Å². The lowest BCUT2D eigenvalue weighted by atomic mass is 10.2. The van der Waals surface area contributed by atoms with Gasteiger partial charge < -0.3 is 9.30 Å². The molecular formula is C18H28N4O3S2. The monoisotopic (exact) mass is 412 g/mol. The summed E-state index contributed by atoms with van der Waals surface area (Å²) in [6, 6.07) is 0. The van der Waals surface area contributed by atoms with E-state index in [1.54, 1.807) is 17.5 Å². The highest BCUT2D eigenvalue weighted by Gasteiger charge is 2.26. The summed E-state index contributed by atoms with van der Waals surface area (Å²) in [4.78, 5) is 10.9. The minimum atomic E-state index is -3.39. The molecule has 150 valence electrons. The van der Waals surface area contributed by atoms with Gasteiger partial charge in [-0.2, -0.15) is 0 Å².